The molecule has 1 aliphatic heterocycles. The van der Waals surface area contributed by atoms with Crippen molar-refractivity contribution in [2.24, 2.45) is 0 Å². The fraction of sp³-hybridized carbons (Fsp3) is 0.211. The van der Waals surface area contributed by atoms with Gasteiger partial charge in [-0.05, 0) is 48.9 Å². The van der Waals surface area contributed by atoms with Crippen LogP contribution in [0, 0.1) is 5.82 Å². The number of amides is 2. The summed E-state index contributed by atoms with van der Waals surface area (Å²) in [6, 6.07) is 9.66. The fourth-order valence-corrected chi connectivity index (χ4v) is 2.91. The van der Waals surface area contributed by atoms with E-state index in [1.54, 1.807) is 0 Å². The van der Waals surface area contributed by atoms with Gasteiger partial charge < -0.3 is 15.0 Å². The van der Waals surface area contributed by atoms with Gasteiger partial charge in [-0.25, -0.2) is 9.18 Å². The van der Waals surface area contributed by atoms with Gasteiger partial charge >= 0.3 is 5.97 Å². The number of anilines is 2. The summed E-state index contributed by atoms with van der Waals surface area (Å²) in [5, 5.41) is 2.85. The second kappa shape index (κ2) is 8.18. The molecule has 0 unspecified atom stereocenters. The van der Waals surface area contributed by atoms with E-state index in [0.29, 0.717) is 29.4 Å². The molecule has 2 aromatic carbocycles. The highest BCUT2D eigenvalue weighted by Crippen LogP contribution is 2.30. The van der Waals surface area contributed by atoms with Gasteiger partial charge in [-0.1, -0.05) is 11.6 Å². The highest BCUT2D eigenvalue weighted by Gasteiger charge is 2.24. The molecule has 1 aliphatic rings. The Labute approximate surface area is 159 Å². The van der Waals surface area contributed by atoms with Gasteiger partial charge in [0.25, 0.3) is 5.91 Å². The van der Waals surface area contributed by atoms with Crippen molar-refractivity contribution in [2.45, 2.75) is 12.8 Å². The molecule has 0 atom stereocenters. The fourth-order valence-electron chi connectivity index (χ4n) is 2.69. The average Bonchev–Trinajstić information content (AvgIpc) is 3.08. The number of carbonyl (C=O) groups is 3. The van der Waals surface area contributed by atoms with E-state index in [0.717, 1.165) is 6.42 Å². The van der Waals surface area contributed by atoms with Gasteiger partial charge in [0.2, 0.25) is 5.91 Å². The van der Waals surface area contributed by atoms with E-state index in [1.165, 1.54) is 47.4 Å². The predicted octanol–water partition coefficient (Wildman–Crippen LogP) is 3.40. The van der Waals surface area contributed by atoms with Crippen molar-refractivity contribution in [1.29, 1.82) is 0 Å². The zero-order valence-electron chi connectivity index (χ0n) is 14.2. The van der Waals surface area contributed by atoms with Crippen molar-refractivity contribution in [3.8, 4) is 0 Å². The number of esters is 1. The Hall–Kier alpha value is -2.93. The van der Waals surface area contributed by atoms with Crippen molar-refractivity contribution < 1.29 is 23.5 Å². The number of nitrogens with zero attached hydrogens (tertiary/aromatic N) is 1. The minimum atomic E-state index is -0.714. The summed E-state index contributed by atoms with van der Waals surface area (Å²) in [7, 11) is 0. The van der Waals surface area contributed by atoms with Gasteiger partial charge in [-0.15, -0.1) is 0 Å². The lowest BCUT2D eigenvalue weighted by Gasteiger charge is -2.18. The van der Waals surface area contributed by atoms with Gasteiger partial charge in [0.15, 0.2) is 6.61 Å². The van der Waals surface area contributed by atoms with Crippen molar-refractivity contribution in [2.75, 3.05) is 23.4 Å². The van der Waals surface area contributed by atoms with Crippen molar-refractivity contribution in [3.63, 3.8) is 0 Å². The van der Waals surface area contributed by atoms with Crippen LogP contribution in [0.3, 0.4) is 0 Å². The number of benzene rings is 2. The molecule has 0 aromatic heterocycles. The topological polar surface area (TPSA) is 75.7 Å². The molecule has 0 aliphatic carbocycles. The molecule has 2 aromatic rings. The van der Waals surface area contributed by atoms with Crippen LogP contribution in [0.2, 0.25) is 5.02 Å². The second-order valence-electron chi connectivity index (χ2n) is 5.95. The van der Waals surface area contributed by atoms with Gasteiger partial charge in [-0.3, -0.25) is 9.59 Å². The summed E-state index contributed by atoms with van der Waals surface area (Å²) in [6.45, 7) is 0.0357. The van der Waals surface area contributed by atoms with Crippen molar-refractivity contribution >= 4 is 40.8 Å². The minimum Gasteiger partial charge on any atom is -0.452 e. The summed E-state index contributed by atoms with van der Waals surface area (Å²) >= 11 is 6.14. The third kappa shape index (κ3) is 4.62. The van der Waals surface area contributed by atoms with Crippen molar-refractivity contribution in [1.82, 2.24) is 0 Å². The third-order valence-electron chi connectivity index (χ3n) is 4.01. The molecule has 0 spiro atoms. The van der Waals surface area contributed by atoms with Crippen LogP contribution in [-0.4, -0.2) is 30.9 Å². The Bertz CT molecular complexity index is 886. The molecule has 27 heavy (non-hydrogen) atoms. The number of hydrogen-bond acceptors (Lipinski definition) is 4. The normalized spacial score (nSPS) is 13.6. The predicted molar refractivity (Wildman–Crippen MR) is 98.4 cm³/mol. The quantitative estimate of drug-likeness (QED) is 0.794. The van der Waals surface area contributed by atoms with Gasteiger partial charge in [0, 0.05) is 18.7 Å². The van der Waals surface area contributed by atoms with E-state index in [9.17, 15) is 18.8 Å². The van der Waals surface area contributed by atoms with E-state index >= 15 is 0 Å². The van der Waals surface area contributed by atoms with Crippen LogP contribution < -0.4 is 10.2 Å². The van der Waals surface area contributed by atoms with Crippen LogP contribution >= 0.6 is 11.6 Å². The molecule has 3 rings (SSSR count). The Morgan fingerprint density at radius 3 is 2.59 bits per heavy atom. The van der Waals surface area contributed by atoms with Crippen LogP contribution in [0.1, 0.15) is 23.2 Å². The molecule has 6 nitrogen and oxygen atoms in total. The van der Waals surface area contributed by atoms with Crippen molar-refractivity contribution in [3.05, 3.63) is 58.9 Å². The maximum Gasteiger partial charge on any atom is 0.338 e. The number of hydrogen-bond donors (Lipinski definition) is 1. The molecule has 2 amide bonds. The third-order valence-corrected chi connectivity index (χ3v) is 4.33. The second-order valence-corrected chi connectivity index (χ2v) is 6.35. The van der Waals surface area contributed by atoms with Crippen LogP contribution in [0.25, 0.3) is 0 Å². The first-order valence-corrected chi connectivity index (χ1v) is 8.64. The van der Waals surface area contributed by atoms with E-state index < -0.39 is 24.3 Å². The molecule has 1 saturated heterocycles. The lowest BCUT2D eigenvalue weighted by atomic mass is 10.2. The van der Waals surface area contributed by atoms with Gasteiger partial charge in [-0.2, -0.15) is 0 Å². The van der Waals surface area contributed by atoms with Gasteiger partial charge in [0.1, 0.15) is 5.82 Å². The summed E-state index contributed by atoms with van der Waals surface area (Å²) in [5.74, 6) is -1.75. The standard InChI is InChI=1S/C19H16ClFN2O4/c20-15-8-3-12(10-16(15)23-9-1-2-18(23)25)19(26)27-11-17(24)22-14-6-4-13(21)5-7-14/h3-8,10H,1-2,9,11H2,(H,22,24). The van der Waals surface area contributed by atoms with Crippen LogP contribution in [0.15, 0.2) is 42.5 Å². The summed E-state index contributed by atoms with van der Waals surface area (Å²) in [5.41, 5.74) is 1.02. The first-order chi connectivity index (χ1) is 12.9. The zero-order chi connectivity index (χ0) is 19.4. The highest BCUT2D eigenvalue weighted by molar-refractivity contribution is 6.34. The maximum absolute atomic E-state index is 12.8. The Morgan fingerprint density at radius 1 is 1.19 bits per heavy atom. The van der Waals surface area contributed by atoms with E-state index in [2.05, 4.69) is 5.32 Å². The van der Waals surface area contributed by atoms with E-state index in [1.807, 2.05) is 0 Å². The molecular weight excluding hydrogens is 375 g/mol. The summed E-state index contributed by atoms with van der Waals surface area (Å²) in [4.78, 5) is 37.5. The minimum absolute atomic E-state index is 0.0545. The number of ether oxygens (including phenoxy) is 1. The van der Waals surface area contributed by atoms with Gasteiger partial charge in [0.05, 0.1) is 16.3 Å². The monoisotopic (exact) mass is 390 g/mol. The number of rotatable bonds is 5. The maximum atomic E-state index is 12.8. The first-order valence-electron chi connectivity index (χ1n) is 8.26. The zero-order valence-corrected chi connectivity index (χ0v) is 15.0. The van der Waals surface area contributed by atoms with Crippen LogP contribution in [-0.2, 0) is 14.3 Å². The lowest BCUT2D eigenvalue weighted by Crippen LogP contribution is -2.24. The van der Waals surface area contributed by atoms with Crippen LogP contribution in [0.4, 0.5) is 15.8 Å². The Kier molecular flexibility index (Phi) is 5.71. The largest absolute Gasteiger partial charge is 0.452 e. The molecule has 0 saturated carbocycles. The Balaban J connectivity index is 1.61. The lowest BCUT2D eigenvalue weighted by molar-refractivity contribution is -0.119. The van der Waals surface area contributed by atoms with Crippen LogP contribution in [0.5, 0.6) is 0 Å². The molecule has 0 bridgehead atoms. The summed E-state index contributed by atoms with van der Waals surface area (Å²) < 4.78 is 17.8. The Morgan fingerprint density at radius 2 is 1.93 bits per heavy atom. The molecule has 1 fully saturated rings. The smallest absolute Gasteiger partial charge is 0.338 e. The highest BCUT2D eigenvalue weighted by atomic mass is 35.5. The number of halogens is 2. The number of carbonyl (C=O) groups excluding carboxylic acids is 3. The first kappa shape index (κ1) is 18.8. The molecule has 0 radical (unpaired) electrons. The molecular formula is C19H16ClFN2O4. The SMILES string of the molecule is O=C(COC(=O)c1ccc(Cl)c(N2CCCC2=O)c1)Nc1ccc(F)cc1. The van der Waals surface area contributed by atoms with E-state index in [4.69, 9.17) is 16.3 Å². The molecule has 8 heteroatoms. The molecule has 140 valence electrons. The average molecular weight is 391 g/mol. The number of nitrogens with one attached hydrogen (secondary N) is 1. The van der Waals surface area contributed by atoms with E-state index in [-0.39, 0.29) is 11.5 Å². The summed E-state index contributed by atoms with van der Waals surface area (Å²) in [6.07, 6.45) is 1.17. The molecule has 1 heterocycles. The molecule has 1 N–H and O–H groups in total.